The molecule has 0 aliphatic carbocycles. The van der Waals surface area contributed by atoms with Crippen molar-refractivity contribution in [2.24, 2.45) is 0 Å². The zero-order valence-electron chi connectivity index (χ0n) is 18.0. The van der Waals surface area contributed by atoms with Crippen LogP contribution in [0, 0.1) is 5.82 Å². The molecule has 0 spiro atoms. The van der Waals surface area contributed by atoms with Gasteiger partial charge in [0.25, 0.3) is 0 Å². The van der Waals surface area contributed by atoms with Crippen molar-refractivity contribution in [3.05, 3.63) is 51.9 Å². The van der Waals surface area contributed by atoms with Crippen LogP contribution in [0.3, 0.4) is 0 Å². The lowest BCUT2D eigenvalue weighted by Gasteiger charge is -2.28. The van der Waals surface area contributed by atoms with Gasteiger partial charge in [-0.05, 0) is 50.6 Å². The van der Waals surface area contributed by atoms with E-state index in [1.807, 2.05) is 6.92 Å². The third-order valence-electron chi connectivity index (χ3n) is 5.80. The maximum Gasteiger partial charge on any atom is 0.223 e. The molecule has 2 aromatic heterocycles. The monoisotopic (exact) mass is 461 g/mol. The number of aliphatic hydroxyl groups excluding tert-OH is 2. The van der Waals surface area contributed by atoms with E-state index in [2.05, 4.69) is 9.88 Å². The van der Waals surface area contributed by atoms with E-state index >= 15 is 0 Å². The summed E-state index contributed by atoms with van der Waals surface area (Å²) in [5, 5.41) is 22.8. The Bertz CT molecular complexity index is 1080. The van der Waals surface area contributed by atoms with Crippen molar-refractivity contribution in [3.8, 4) is 0 Å². The molecule has 1 unspecified atom stereocenters. The number of hydrogen-bond donors (Lipinski definition) is 2. The molecule has 1 aliphatic rings. The number of carbonyl (C=O) groups excluding carboxylic acids is 1. The molecule has 2 atom stereocenters. The van der Waals surface area contributed by atoms with Crippen LogP contribution in [0.2, 0.25) is 0 Å². The Kier molecular flexibility index (Phi) is 7.32. The average molecular weight is 462 g/mol. The first-order chi connectivity index (χ1) is 15.5. The molecule has 172 valence electrons. The van der Waals surface area contributed by atoms with Crippen molar-refractivity contribution >= 4 is 28.0 Å². The fourth-order valence-corrected chi connectivity index (χ4v) is 4.82. The lowest BCUT2D eigenvalue weighted by molar-refractivity contribution is -0.137. The lowest BCUT2D eigenvalue weighted by Crippen LogP contribution is -2.37. The molecule has 1 aliphatic heterocycles. The summed E-state index contributed by atoms with van der Waals surface area (Å²) in [6.07, 6.45) is 3.88. The number of halogens is 1. The summed E-state index contributed by atoms with van der Waals surface area (Å²) in [5.74, 6) is -0.721. The van der Waals surface area contributed by atoms with Gasteiger partial charge in [-0.3, -0.25) is 9.69 Å². The van der Waals surface area contributed by atoms with E-state index in [0.29, 0.717) is 35.1 Å². The summed E-state index contributed by atoms with van der Waals surface area (Å²) in [6, 6.07) is 4.22. The Morgan fingerprint density at radius 2 is 2.06 bits per heavy atom. The van der Waals surface area contributed by atoms with Crippen molar-refractivity contribution in [1.29, 1.82) is 0 Å². The molecule has 1 saturated heterocycles. The number of fused-ring (bicyclic) bond motifs is 1. The molecule has 32 heavy (non-hydrogen) atoms. The molecule has 0 bridgehead atoms. The van der Waals surface area contributed by atoms with Crippen molar-refractivity contribution in [2.45, 2.75) is 51.7 Å². The second-order valence-electron chi connectivity index (χ2n) is 8.12. The molecular formula is C23H28FN3O4S. The van der Waals surface area contributed by atoms with Gasteiger partial charge in [-0.15, -0.1) is 11.3 Å². The number of benzene rings is 1. The van der Waals surface area contributed by atoms with Crippen molar-refractivity contribution in [1.82, 2.24) is 14.5 Å². The number of aliphatic hydroxyl groups is 2. The van der Waals surface area contributed by atoms with Crippen LogP contribution < -0.4 is 0 Å². The normalized spacial score (nSPS) is 17.0. The quantitative estimate of drug-likeness (QED) is 0.373. The smallest absolute Gasteiger partial charge is 0.223 e. The number of piperidine rings is 1. The number of hydrogen-bond acceptors (Lipinski definition) is 7. The predicted molar refractivity (Wildman–Crippen MR) is 120 cm³/mol. The largest absolute Gasteiger partial charge is 0.387 e. The Labute approximate surface area is 190 Å². The van der Waals surface area contributed by atoms with E-state index in [4.69, 9.17) is 4.74 Å². The van der Waals surface area contributed by atoms with E-state index < -0.39 is 18.2 Å². The van der Waals surface area contributed by atoms with Gasteiger partial charge in [0.1, 0.15) is 12.5 Å². The van der Waals surface area contributed by atoms with Crippen LogP contribution in [-0.2, 0) is 11.5 Å². The zero-order chi connectivity index (χ0) is 22.7. The fourth-order valence-electron chi connectivity index (χ4n) is 4.00. The van der Waals surface area contributed by atoms with Crippen LogP contribution in [0.1, 0.15) is 59.8 Å². The summed E-state index contributed by atoms with van der Waals surface area (Å²) in [6.45, 7) is 4.13. The second-order valence-corrected chi connectivity index (χ2v) is 8.97. The number of likely N-dealkylation sites (tertiary alicyclic amines) is 1. The fraction of sp³-hybridized carbons (Fsp3) is 0.478. The minimum absolute atomic E-state index is 0.0140. The molecular weight excluding hydrogens is 433 g/mol. The molecule has 0 amide bonds. The van der Waals surface area contributed by atoms with Gasteiger partial charge in [0, 0.05) is 23.5 Å². The lowest BCUT2D eigenvalue weighted by atomic mass is 10.1. The number of aromatic nitrogens is 2. The van der Waals surface area contributed by atoms with Crippen LogP contribution in [0.25, 0.3) is 10.9 Å². The third kappa shape index (κ3) is 5.07. The first-order valence-electron chi connectivity index (χ1n) is 10.9. The molecule has 0 saturated carbocycles. The Morgan fingerprint density at radius 1 is 1.28 bits per heavy atom. The number of rotatable bonds is 9. The average Bonchev–Trinajstić information content (AvgIpc) is 3.43. The summed E-state index contributed by atoms with van der Waals surface area (Å²) < 4.78 is 21.2. The number of nitrogens with zero attached hydrogens (tertiary/aromatic N) is 3. The van der Waals surface area contributed by atoms with Gasteiger partial charge in [0.2, 0.25) is 5.78 Å². The minimum atomic E-state index is -0.977. The minimum Gasteiger partial charge on any atom is -0.387 e. The maximum absolute atomic E-state index is 14.0. The first-order valence-corrected chi connectivity index (χ1v) is 11.8. The highest BCUT2D eigenvalue weighted by Crippen LogP contribution is 2.27. The highest BCUT2D eigenvalue weighted by atomic mass is 32.1. The van der Waals surface area contributed by atoms with Crippen LogP contribution in [-0.4, -0.2) is 56.4 Å². The standard InChI is InChI=1S/C23H28FN3O4S/c1-2-20(28)18-13-32-23(25-18)22(30)17-11-27(19-10-15(24)6-7-16(17)19)14-31-21(29)12-26-8-4-3-5-9-26/h6-7,10-11,13,20-21,28-29H,2-5,8-9,12,14H2,1H3/t20-,21?/m0/s1. The molecule has 1 fully saturated rings. The van der Waals surface area contributed by atoms with Gasteiger partial charge >= 0.3 is 0 Å². The second kappa shape index (κ2) is 10.2. The summed E-state index contributed by atoms with van der Waals surface area (Å²) in [7, 11) is 0. The summed E-state index contributed by atoms with van der Waals surface area (Å²) in [4.78, 5) is 19.6. The molecule has 3 heterocycles. The molecule has 2 N–H and O–H groups in total. The summed E-state index contributed by atoms with van der Waals surface area (Å²) in [5.41, 5.74) is 1.35. The molecule has 1 aromatic carbocycles. The van der Waals surface area contributed by atoms with E-state index in [-0.39, 0.29) is 17.5 Å². The number of ether oxygens (including phenoxy) is 1. The number of thiazole rings is 1. The Morgan fingerprint density at radius 3 is 2.81 bits per heavy atom. The van der Waals surface area contributed by atoms with E-state index in [1.54, 1.807) is 22.2 Å². The predicted octanol–water partition coefficient (Wildman–Crippen LogP) is 3.69. The van der Waals surface area contributed by atoms with Gasteiger partial charge < -0.3 is 19.5 Å². The molecule has 3 aromatic rings. The van der Waals surface area contributed by atoms with Crippen molar-refractivity contribution in [2.75, 3.05) is 19.6 Å². The van der Waals surface area contributed by atoms with Crippen LogP contribution >= 0.6 is 11.3 Å². The molecule has 4 rings (SSSR count). The van der Waals surface area contributed by atoms with Crippen LogP contribution in [0.4, 0.5) is 4.39 Å². The first kappa shape index (κ1) is 23.0. The zero-order valence-corrected chi connectivity index (χ0v) is 18.9. The Balaban J connectivity index is 1.54. The van der Waals surface area contributed by atoms with Crippen molar-refractivity contribution in [3.63, 3.8) is 0 Å². The van der Waals surface area contributed by atoms with Gasteiger partial charge in [-0.25, -0.2) is 9.37 Å². The molecule has 7 nitrogen and oxygen atoms in total. The summed E-state index contributed by atoms with van der Waals surface area (Å²) >= 11 is 1.17. The number of ketones is 1. The maximum atomic E-state index is 14.0. The van der Waals surface area contributed by atoms with Gasteiger partial charge in [-0.2, -0.15) is 0 Å². The van der Waals surface area contributed by atoms with Gasteiger partial charge in [-0.1, -0.05) is 13.3 Å². The SMILES string of the molecule is CC[C@H](O)c1csc(C(=O)c2cn(COC(O)CN3CCCCC3)c3cc(F)ccc23)n1. The van der Waals surface area contributed by atoms with Crippen molar-refractivity contribution < 1.29 is 24.1 Å². The molecule has 9 heteroatoms. The van der Waals surface area contributed by atoms with E-state index in [0.717, 1.165) is 25.9 Å². The topological polar surface area (TPSA) is 87.8 Å². The van der Waals surface area contributed by atoms with Gasteiger partial charge in [0.15, 0.2) is 11.3 Å². The van der Waals surface area contributed by atoms with Crippen LogP contribution in [0.5, 0.6) is 0 Å². The molecule has 0 radical (unpaired) electrons. The van der Waals surface area contributed by atoms with E-state index in [9.17, 15) is 19.4 Å². The Hall–Kier alpha value is -2.17. The van der Waals surface area contributed by atoms with E-state index in [1.165, 1.54) is 29.9 Å². The third-order valence-corrected chi connectivity index (χ3v) is 6.66. The highest BCUT2D eigenvalue weighted by Gasteiger charge is 2.22. The highest BCUT2D eigenvalue weighted by molar-refractivity contribution is 7.12. The van der Waals surface area contributed by atoms with Gasteiger partial charge in [0.05, 0.1) is 22.9 Å². The number of β-amino-alcohol motifs (C(OH)–C–C–N with tert-alkyl or cyclic N) is 1. The number of carbonyl (C=O) groups is 1. The van der Waals surface area contributed by atoms with Crippen LogP contribution in [0.15, 0.2) is 29.8 Å².